The molecule has 10 heteroatoms. The highest BCUT2D eigenvalue weighted by Crippen LogP contribution is 2.31. The summed E-state index contributed by atoms with van der Waals surface area (Å²) in [6, 6.07) is 10.7. The molecular formula is C21H19ClF3N5S. The van der Waals surface area contributed by atoms with Gasteiger partial charge in [-0.1, -0.05) is 35.4 Å². The average Bonchev–Trinajstić information content (AvgIpc) is 2.98. The van der Waals surface area contributed by atoms with Crippen LogP contribution in [0.15, 0.2) is 47.6 Å². The summed E-state index contributed by atoms with van der Waals surface area (Å²) < 4.78 is 40.2. The van der Waals surface area contributed by atoms with Gasteiger partial charge in [0.05, 0.1) is 28.7 Å². The molecule has 0 aliphatic carbocycles. The molecule has 0 aliphatic rings. The first kappa shape index (κ1) is 22.8. The highest BCUT2D eigenvalue weighted by Gasteiger charge is 2.30. The summed E-state index contributed by atoms with van der Waals surface area (Å²) in [5.41, 5.74) is 6.10. The van der Waals surface area contributed by atoms with Crippen molar-refractivity contribution in [1.82, 2.24) is 15.2 Å². The number of hydrogen-bond acceptors (Lipinski definition) is 3. The van der Waals surface area contributed by atoms with Crippen molar-refractivity contribution in [3.05, 3.63) is 75.6 Å². The van der Waals surface area contributed by atoms with Crippen molar-refractivity contribution in [2.45, 2.75) is 26.9 Å². The number of aromatic nitrogens is 2. The van der Waals surface area contributed by atoms with E-state index in [0.717, 1.165) is 28.9 Å². The van der Waals surface area contributed by atoms with E-state index in [1.165, 1.54) is 23.0 Å². The van der Waals surface area contributed by atoms with Gasteiger partial charge in [-0.25, -0.2) is 4.68 Å². The fourth-order valence-electron chi connectivity index (χ4n) is 2.90. The van der Waals surface area contributed by atoms with Gasteiger partial charge in [-0.2, -0.15) is 23.4 Å². The highest BCUT2D eigenvalue weighted by molar-refractivity contribution is 7.80. The molecule has 1 heterocycles. The molecule has 1 aromatic heterocycles. The van der Waals surface area contributed by atoms with Crippen LogP contribution in [0.5, 0.6) is 0 Å². The minimum Gasteiger partial charge on any atom is -0.331 e. The van der Waals surface area contributed by atoms with E-state index in [0.29, 0.717) is 11.3 Å². The second kappa shape index (κ2) is 9.07. The van der Waals surface area contributed by atoms with E-state index in [1.807, 2.05) is 32.0 Å². The van der Waals surface area contributed by atoms with Crippen molar-refractivity contribution >= 4 is 40.8 Å². The van der Waals surface area contributed by atoms with E-state index in [1.54, 1.807) is 6.92 Å². The lowest BCUT2D eigenvalue weighted by Crippen LogP contribution is -2.24. The van der Waals surface area contributed by atoms with Crippen LogP contribution in [0.25, 0.3) is 5.69 Å². The van der Waals surface area contributed by atoms with Crippen LogP contribution in [0.1, 0.15) is 27.9 Å². The van der Waals surface area contributed by atoms with E-state index in [2.05, 4.69) is 20.9 Å². The summed E-state index contributed by atoms with van der Waals surface area (Å²) in [5.74, 6) is 0. The van der Waals surface area contributed by atoms with Gasteiger partial charge in [-0.3, -0.25) is 5.43 Å². The quantitative estimate of drug-likeness (QED) is 0.291. The van der Waals surface area contributed by atoms with Crippen LogP contribution < -0.4 is 10.7 Å². The Bertz CT molecular complexity index is 1150. The van der Waals surface area contributed by atoms with Crippen LogP contribution in [-0.2, 0) is 6.18 Å². The zero-order chi connectivity index (χ0) is 22.8. The number of nitrogens with zero attached hydrogens (tertiary/aromatic N) is 3. The summed E-state index contributed by atoms with van der Waals surface area (Å²) in [6.45, 7) is 5.65. The summed E-state index contributed by atoms with van der Waals surface area (Å²) in [7, 11) is 0. The number of hydrogen-bond donors (Lipinski definition) is 2. The van der Waals surface area contributed by atoms with Crippen molar-refractivity contribution in [2.75, 3.05) is 5.32 Å². The van der Waals surface area contributed by atoms with Gasteiger partial charge in [0.2, 0.25) is 0 Å². The fourth-order valence-corrected chi connectivity index (χ4v) is 3.39. The van der Waals surface area contributed by atoms with E-state index in [9.17, 15) is 13.2 Å². The minimum atomic E-state index is -4.46. The van der Waals surface area contributed by atoms with Crippen molar-refractivity contribution in [1.29, 1.82) is 0 Å². The van der Waals surface area contributed by atoms with E-state index < -0.39 is 11.7 Å². The van der Waals surface area contributed by atoms with Crippen LogP contribution in [0.2, 0.25) is 5.15 Å². The molecule has 0 aliphatic heterocycles. The zero-order valence-electron chi connectivity index (χ0n) is 16.9. The van der Waals surface area contributed by atoms with Gasteiger partial charge in [0, 0.05) is 5.69 Å². The number of alkyl halides is 3. The van der Waals surface area contributed by atoms with Crippen LogP contribution in [0.4, 0.5) is 18.9 Å². The monoisotopic (exact) mass is 465 g/mol. The third kappa shape index (κ3) is 5.42. The number of benzene rings is 2. The lowest BCUT2D eigenvalue weighted by molar-refractivity contribution is -0.137. The molecular weight excluding hydrogens is 447 g/mol. The predicted octanol–water partition coefficient (Wildman–Crippen LogP) is 5.79. The molecule has 0 saturated carbocycles. The molecule has 3 rings (SSSR count). The van der Waals surface area contributed by atoms with Crippen molar-refractivity contribution in [3.63, 3.8) is 0 Å². The molecule has 0 bridgehead atoms. The maximum atomic E-state index is 13.0. The smallest absolute Gasteiger partial charge is 0.331 e. The van der Waals surface area contributed by atoms with Crippen LogP contribution >= 0.6 is 23.8 Å². The number of aryl methyl sites for hydroxylation is 3. The van der Waals surface area contributed by atoms with Gasteiger partial charge in [-0.15, -0.1) is 0 Å². The molecule has 2 N–H and O–H groups in total. The Morgan fingerprint density at radius 3 is 2.58 bits per heavy atom. The summed E-state index contributed by atoms with van der Waals surface area (Å²) in [4.78, 5) is 0. The van der Waals surface area contributed by atoms with Gasteiger partial charge in [0.15, 0.2) is 5.11 Å². The second-order valence-corrected chi connectivity index (χ2v) is 7.66. The first-order valence-corrected chi connectivity index (χ1v) is 9.95. The number of thiocarbonyl (C=S) groups is 1. The Morgan fingerprint density at radius 2 is 1.90 bits per heavy atom. The lowest BCUT2D eigenvalue weighted by atomic mass is 10.1. The average molecular weight is 466 g/mol. The van der Waals surface area contributed by atoms with Gasteiger partial charge in [0.1, 0.15) is 5.15 Å². The molecule has 2 aromatic carbocycles. The zero-order valence-corrected chi connectivity index (χ0v) is 18.5. The molecule has 0 unspecified atom stereocenters. The SMILES string of the molecule is Cc1ccc(NC(=S)NN=Cc2c(C)nn(-c3cccc(C(F)(F)F)c3)c2Cl)c(C)c1. The molecule has 0 atom stereocenters. The van der Waals surface area contributed by atoms with Crippen molar-refractivity contribution in [2.24, 2.45) is 5.10 Å². The standard InChI is InChI=1S/C21H19ClF3N5S/c1-12-7-8-18(13(2)9-12)27-20(31)28-26-11-17-14(3)29-30(19(17)22)16-6-4-5-15(10-16)21(23,24)25/h4-11H,1-3H3,(H2,27,28,31). The van der Waals surface area contributed by atoms with Crippen molar-refractivity contribution < 1.29 is 13.2 Å². The molecule has 0 saturated heterocycles. The first-order valence-electron chi connectivity index (χ1n) is 9.16. The molecule has 31 heavy (non-hydrogen) atoms. The predicted molar refractivity (Wildman–Crippen MR) is 121 cm³/mol. The molecule has 0 spiro atoms. The number of rotatable bonds is 4. The Balaban J connectivity index is 1.75. The topological polar surface area (TPSA) is 54.2 Å². The van der Waals surface area contributed by atoms with E-state index in [-0.39, 0.29) is 16.0 Å². The van der Waals surface area contributed by atoms with Gasteiger partial charge in [0.25, 0.3) is 0 Å². The molecule has 0 radical (unpaired) electrons. The van der Waals surface area contributed by atoms with Gasteiger partial charge < -0.3 is 5.32 Å². The van der Waals surface area contributed by atoms with Crippen LogP contribution in [0, 0.1) is 20.8 Å². The Kier molecular flexibility index (Phi) is 6.66. The molecule has 5 nitrogen and oxygen atoms in total. The summed E-state index contributed by atoms with van der Waals surface area (Å²) in [5, 5.41) is 11.8. The number of hydrazone groups is 1. The van der Waals surface area contributed by atoms with E-state index in [4.69, 9.17) is 23.8 Å². The largest absolute Gasteiger partial charge is 0.416 e. The third-order valence-corrected chi connectivity index (χ3v) is 5.01. The number of halogens is 4. The maximum Gasteiger partial charge on any atom is 0.416 e. The van der Waals surface area contributed by atoms with Crippen molar-refractivity contribution in [3.8, 4) is 5.69 Å². The third-order valence-electron chi connectivity index (χ3n) is 4.46. The van der Waals surface area contributed by atoms with Gasteiger partial charge in [-0.05, 0) is 62.8 Å². The van der Waals surface area contributed by atoms with Crippen LogP contribution in [0.3, 0.4) is 0 Å². The molecule has 162 valence electrons. The highest BCUT2D eigenvalue weighted by atomic mass is 35.5. The summed E-state index contributed by atoms with van der Waals surface area (Å²) in [6.07, 6.45) is -3.04. The minimum absolute atomic E-state index is 0.135. The normalized spacial score (nSPS) is 11.7. The van der Waals surface area contributed by atoms with Gasteiger partial charge >= 0.3 is 6.18 Å². The summed E-state index contributed by atoms with van der Waals surface area (Å²) >= 11 is 11.6. The Labute approximate surface area is 187 Å². The number of nitrogens with one attached hydrogen (secondary N) is 2. The Hall–Kier alpha value is -2.91. The second-order valence-electron chi connectivity index (χ2n) is 6.89. The molecule has 0 fully saturated rings. The molecule has 0 amide bonds. The maximum absolute atomic E-state index is 13.0. The lowest BCUT2D eigenvalue weighted by Gasteiger charge is -2.10. The Morgan fingerprint density at radius 1 is 1.16 bits per heavy atom. The van der Waals surface area contributed by atoms with Crippen LogP contribution in [-0.4, -0.2) is 21.1 Å². The molecule has 3 aromatic rings. The first-order chi connectivity index (χ1) is 14.6. The number of anilines is 1. The fraction of sp³-hybridized carbons (Fsp3) is 0.190. The van der Waals surface area contributed by atoms with E-state index >= 15 is 0 Å².